The molecule has 0 spiro atoms. The highest BCUT2D eigenvalue weighted by atomic mass is 16.5. The summed E-state index contributed by atoms with van der Waals surface area (Å²) in [6, 6.07) is 15.0. The molecule has 0 heterocycles. The van der Waals surface area contributed by atoms with Crippen molar-refractivity contribution in [3.63, 3.8) is 0 Å². The van der Waals surface area contributed by atoms with Crippen LogP contribution in [0.3, 0.4) is 0 Å². The van der Waals surface area contributed by atoms with Crippen LogP contribution in [-0.4, -0.2) is 26.7 Å². The summed E-state index contributed by atoms with van der Waals surface area (Å²) in [5.41, 5.74) is 10.5. The van der Waals surface area contributed by atoms with Crippen LogP contribution in [0.1, 0.15) is 25.3 Å². The minimum absolute atomic E-state index is 0.200. The number of methoxy groups -OCH3 is 2. The van der Waals surface area contributed by atoms with Crippen molar-refractivity contribution >= 4 is 5.91 Å². The first-order valence-corrected chi connectivity index (χ1v) is 10.6. The molecule has 1 aliphatic rings. The summed E-state index contributed by atoms with van der Waals surface area (Å²) in [6.07, 6.45) is 5.14. The van der Waals surface area contributed by atoms with E-state index in [1.165, 1.54) is 5.57 Å². The lowest BCUT2D eigenvalue weighted by molar-refractivity contribution is -0.117. The number of rotatable bonds is 9. The van der Waals surface area contributed by atoms with Crippen molar-refractivity contribution in [3.05, 3.63) is 88.7 Å². The Morgan fingerprint density at radius 1 is 1.03 bits per heavy atom. The van der Waals surface area contributed by atoms with E-state index in [2.05, 4.69) is 12.2 Å². The van der Waals surface area contributed by atoms with Gasteiger partial charge in [-0.25, -0.2) is 0 Å². The van der Waals surface area contributed by atoms with Crippen LogP contribution in [0, 0.1) is 0 Å². The third-order valence-corrected chi connectivity index (χ3v) is 5.27. The fourth-order valence-electron chi connectivity index (χ4n) is 3.50. The predicted molar refractivity (Wildman–Crippen MR) is 126 cm³/mol. The Balaban J connectivity index is 1.64. The van der Waals surface area contributed by atoms with Crippen LogP contribution in [0.5, 0.6) is 17.2 Å². The summed E-state index contributed by atoms with van der Waals surface area (Å²) >= 11 is 0. The van der Waals surface area contributed by atoms with Crippen LogP contribution in [0.4, 0.5) is 0 Å². The second-order valence-corrected chi connectivity index (χ2v) is 7.47. The fourth-order valence-corrected chi connectivity index (χ4v) is 3.50. The maximum absolute atomic E-state index is 12.8. The quantitative estimate of drug-likeness (QED) is 0.601. The van der Waals surface area contributed by atoms with Gasteiger partial charge >= 0.3 is 0 Å². The van der Waals surface area contributed by atoms with E-state index in [4.69, 9.17) is 19.9 Å². The van der Waals surface area contributed by atoms with Crippen molar-refractivity contribution in [2.24, 2.45) is 5.73 Å². The van der Waals surface area contributed by atoms with Crippen LogP contribution in [0.25, 0.3) is 0 Å². The van der Waals surface area contributed by atoms with Crippen molar-refractivity contribution in [1.82, 2.24) is 5.32 Å². The van der Waals surface area contributed by atoms with Gasteiger partial charge in [-0.1, -0.05) is 30.7 Å². The first kappa shape index (κ1) is 23.2. The Bertz CT molecular complexity index is 1040. The molecular weight excluding hydrogens is 404 g/mol. The zero-order valence-electron chi connectivity index (χ0n) is 18.8. The smallest absolute Gasteiger partial charge is 0.253 e. The molecule has 0 saturated heterocycles. The molecule has 3 rings (SSSR count). The number of allylic oxidation sites excluding steroid dienone is 1. The Morgan fingerprint density at radius 3 is 2.47 bits per heavy atom. The number of benzene rings is 2. The highest BCUT2D eigenvalue weighted by molar-refractivity contribution is 5.97. The number of carbonyl (C=O) groups excluding carboxylic acids is 1. The van der Waals surface area contributed by atoms with Gasteiger partial charge < -0.3 is 25.3 Å². The Morgan fingerprint density at radius 2 is 1.78 bits per heavy atom. The van der Waals surface area contributed by atoms with Crippen LogP contribution < -0.4 is 20.5 Å². The third-order valence-electron chi connectivity index (χ3n) is 5.27. The fraction of sp³-hybridized carbons (Fsp3) is 0.269. The molecule has 0 unspecified atom stereocenters. The van der Waals surface area contributed by atoms with Crippen molar-refractivity contribution in [1.29, 1.82) is 0 Å². The average molecular weight is 435 g/mol. The second kappa shape index (κ2) is 11.2. The summed E-state index contributed by atoms with van der Waals surface area (Å²) in [7, 11) is 3.29. The van der Waals surface area contributed by atoms with Gasteiger partial charge in [0.05, 0.1) is 19.3 Å². The first-order chi connectivity index (χ1) is 15.5. The normalized spacial score (nSPS) is 13.7. The van der Waals surface area contributed by atoms with E-state index in [0.29, 0.717) is 42.3 Å². The molecule has 0 aromatic heterocycles. The molecule has 2 aromatic carbocycles. The van der Waals surface area contributed by atoms with Gasteiger partial charge in [0.2, 0.25) is 0 Å². The monoisotopic (exact) mass is 434 g/mol. The van der Waals surface area contributed by atoms with E-state index in [1.54, 1.807) is 20.3 Å². The van der Waals surface area contributed by atoms with E-state index in [-0.39, 0.29) is 5.91 Å². The van der Waals surface area contributed by atoms with Crippen molar-refractivity contribution in [3.8, 4) is 17.2 Å². The summed E-state index contributed by atoms with van der Waals surface area (Å²) in [5, 5.41) is 2.96. The molecule has 6 nitrogen and oxygen atoms in total. The summed E-state index contributed by atoms with van der Waals surface area (Å²) in [6.45, 7) is 2.95. The minimum Gasteiger partial charge on any atom is -0.497 e. The Kier molecular flexibility index (Phi) is 8.11. The third kappa shape index (κ3) is 6.02. The van der Waals surface area contributed by atoms with Gasteiger partial charge in [-0.15, -0.1) is 0 Å². The molecule has 0 fully saturated rings. The van der Waals surface area contributed by atoms with Crippen LogP contribution in [0.15, 0.2) is 83.1 Å². The van der Waals surface area contributed by atoms with Crippen LogP contribution in [-0.2, 0) is 16.1 Å². The number of amides is 1. The van der Waals surface area contributed by atoms with E-state index in [0.717, 1.165) is 23.3 Å². The highest BCUT2D eigenvalue weighted by Crippen LogP contribution is 2.26. The number of hydrogen-bond acceptors (Lipinski definition) is 5. The van der Waals surface area contributed by atoms with E-state index < -0.39 is 0 Å². The minimum atomic E-state index is -0.200. The number of hydrogen-bond donors (Lipinski definition) is 2. The standard InChI is InChI=1S/C26H30N2O4/c1-4-19-15-25(27)24(13-8-20(19)17-30-2)26(29)28-16-18-6-5-7-23(14-18)32-22-11-9-21(31-3)10-12-22/h5-14H,4,15-17,27H2,1-3H3,(H,28,29). The van der Waals surface area contributed by atoms with E-state index >= 15 is 0 Å². The van der Waals surface area contributed by atoms with Gasteiger partial charge in [-0.2, -0.15) is 0 Å². The molecule has 3 N–H and O–H groups in total. The predicted octanol–water partition coefficient (Wildman–Crippen LogP) is 4.63. The van der Waals surface area contributed by atoms with Crippen molar-refractivity contribution in [2.75, 3.05) is 20.8 Å². The van der Waals surface area contributed by atoms with Gasteiger partial charge in [0.1, 0.15) is 17.2 Å². The lowest BCUT2D eigenvalue weighted by atomic mass is 10.0. The zero-order valence-corrected chi connectivity index (χ0v) is 18.8. The maximum Gasteiger partial charge on any atom is 0.253 e. The number of nitrogens with one attached hydrogen (secondary N) is 1. The lowest BCUT2D eigenvalue weighted by Crippen LogP contribution is -2.26. The van der Waals surface area contributed by atoms with E-state index in [9.17, 15) is 4.79 Å². The van der Waals surface area contributed by atoms with Gasteiger partial charge in [0.25, 0.3) is 5.91 Å². The lowest BCUT2D eigenvalue weighted by Gasteiger charge is -2.11. The summed E-state index contributed by atoms with van der Waals surface area (Å²) in [5.74, 6) is 1.97. The Hall–Kier alpha value is -3.51. The van der Waals surface area contributed by atoms with Crippen molar-refractivity contribution in [2.45, 2.75) is 26.3 Å². The van der Waals surface area contributed by atoms with Gasteiger partial charge in [0, 0.05) is 25.8 Å². The number of carbonyl (C=O) groups is 1. The summed E-state index contributed by atoms with van der Waals surface area (Å²) in [4.78, 5) is 12.8. The maximum atomic E-state index is 12.8. The molecule has 6 heteroatoms. The first-order valence-electron chi connectivity index (χ1n) is 10.6. The second-order valence-electron chi connectivity index (χ2n) is 7.47. The average Bonchev–Trinajstić information content (AvgIpc) is 2.97. The highest BCUT2D eigenvalue weighted by Gasteiger charge is 2.16. The molecule has 168 valence electrons. The van der Waals surface area contributed by atoms with Gasteiger partial charge in [-0.05, 0) is 60.0 Å². The summed E-state index contributed by atoms with van der Waals surface area (Å²) < 4.78 is 16.4. The topological polar surface area (TPSA) is 82.8 Å². The molecule has 2 aromatic rings. The molecule has 0 aliphatic heterocycles. The Labute approximate surface area is 189 Å². The van der Waals surface area contributed by atoms with Crippen LogP contribution in [0.2, 0.25) is 0 Å². The number of nitrogens with two attached hydrogens (primary N) is 1. The van der Waals surface area contributed by atoms with Gasteiger partial charge in [-0.3, -0.25) is 4.79 Å². The SMILES string of the molecule is CCC1=C(COC)C=CC(C(=O)NCc2cccc(Oc3ccc(OC)cc3)c2)=C(N)C1. The molecule has 0 radical (unpaired) electrons. The number of ether oxygens (including phenoxy) is 3. The molecule has 1 aliphatic carbocycles. The molecular formula is C26H30N2O4. The van der Waals surface area contributed by atoms with Crippen LogP contribution >= 0.6 is 0 Å². The van der Waals surface area contributed by atoms with Gasteiger partial charge in [0.15, 0.2) is 0 Å². The molecule has 0 saturated carbocycles. The zero-order chi connectivity index (χ0) is 22.9. The molecule has 32 heavy (non-hydrogen) atoms. The molecule has 0 bridgehead atoms. The molecule has 1 amide bonds. The molecule has 0 atom stereocenters. The van der Waals surface area contributed by atoms with E-state index in [1.807, 2.05) is 54.6 Å². The van der Waals surface area contributed by atoms with Crippen molar-refractivity contribution < 1.29 is 19.0 Å². The largest absolute Gasteiger partial charge is 0.497 e.